The highest BCUT2D eigenvalue weighted by molar-refractivity contribution is 5.61. The van der Waals surface area contributed by atoms with E-state index in [0.29, 0.717) is 12.0 Å². The second kappa shape index (κ2) is 2.87. The Morgan fingerprint density at radius 3 is 2.70 bits per heavy atom. The molecule has 0 radical (unpaired) electrons. The van der Waals surface area contributed by atoms with Crippen molar-refractivity contribution in [2.24, 2.45) is 0 Å². The van der Waals surface area contributed by atoms with Crippen molar-refractivity contribution in [1.29, 1.82) is 0 Å². The highest BCUT2D eigenvalue weighted by atomic mass is 16.1. The molecule has 1 aliphatic carbocycles. The minimum absolute atomic E-state index is 0.611. The molecule has 0 atom stereocenters. The summed E-state index contributed by atoms with van der Waals surface area (Å²) in [6.45, 7) is 0. The molecule has 0 saturated heterocycles. The van der Waals surface area contributed by atoms with Crippen molar-refractivity contribution in [3.8, 4) is 12.3 Å². The van der Waals surface area contributed by atoms with Crippen LogP contribution in [-0.2, 0) is 4.79 Å². The van der Waals surface area contributed by atoms with Crippen LogP contribution in [0.2, 0.25) is 0 Å². The van der Waals surface area contributed by atoms with Crippen molar-refractivity contribution >= 4 is 5.94 Å². The van der Waals surface area contributed by atoms with Crippen molar-refractivity contribution < 1.29 is 4.79 Å². The van der Waals surface area contributed by atoms with Crippen molar-refractivity contribution in [3.63, 3.8) is 0 Å². The Morgan fingerprint density at radius 2 is 2.30 bits per heavy atom. The van der Waals surface area contributed by atoms with Crippen LogP contribution in [0.25, 0.3) is 0 Å². The summed E-state index contributed by atoms with van der Waals surface area (Å²) < 4.78 is 0. The van der Waals surface area contributed by atoms with Crippen molar-refractivity contribution in [2.75, 3.05) is 0 Å². The molecule has 0 aromatic carbocycles. The normalized spacial score (nSPS) is 15.5. The van der Waals surface area contributed by atoms with Crippen LogP contribution in [0.15, 0.2) is 29.4 Å². The van der Waals surface area contributed by atoms with E-state index in [0.717, 1.165) is 5.57 Å². The first kappa shape index (κ1) is 6.61. The fraction of sp³-hybridized carbons (Fsp3) is 0.111. The molecule has 0 N–H and O–H groups in total. The van der Waals surface area contributed by atoms with E-state index >= 15 is 0 Å². The van der Waals surface area contributed by atoms with E-state index in [1.54, 1.807) is 12.2 Å². The molecule has 0 amide bonds. The standard InChI is InChI=1S/C9H6O/c1-2-8-3-5-9(7-10)6-4-8/h1,3-5H,6H2. The van der Waals surface area contributed by atoms with E-state index in [2.05, 4.69) is 5.92 Å². The number of hydrogen-bond acceptors (Lipinski definition) is 1. The maximum atomic E-state index is 10.1. The van der Waals surface area contributed by atoms with Crippen molar-refractivity contribution in [2.45, 2.75) is 6.42 Å². The molecule has 1 heteroatoms. The lowest BCUT2D eigenvalue weighted by Crippen LogP contribution is -1.85. The average molecular weight is 130 g/mol. The lowest BCUT2D eigenvalue weighted by Gasteiger charge is -1.98. The zero-order valence-electron chi connectivity index (χ0n) is 5.42. The van der Waals surface area contributed by atoms with Crippen molar-refractivity contribution in [3.05, 3.63) is 29.4 Å². The van der Waals surface area contributed by atoms with Gasteiger partial charge in [-0.25, -0.2) is 4.79 Å². The molecule has 0 bridgehead atoms. The van der Waals surface area contributed by atoms with Crippen LogP contribution in [0.5, 0.6) is 0 Å². The number of allylic oxidation sites excluding steroid dienone is 5. The summed E-state index contributed by atoms with van der Waals surface area (Å²) >= 11 is 0. The van der Waals surface area contributed by atoms with Gasteiger partial charge in [-0.05, 0) is 12.2 Å². The maximum Gasteiger partial charge on any atom is 0.128 e. The third kappa shape index (κ3) is 1.25. The Morgan fingerprint density at radius 1 is 1.50 bits per heavy atom. The van der Waals surface area contributed by atoms with E-state index in [4.69, 9.17) is 6.42 Å². The molecule has 0 unspecified atom stereocenters. The number of rotatable bonds is 0. The van der Waals surface area contributed by atoms with Gasteiger partial charge in [0.25, 0.3) is 0 Å². The summed E-state index contributed by atoms with van der Waals surface area (Å²) in [6, 6.07) is 0. The van der Waals surface area contributed by atoms with Gasteiger partial charge in [0.2, 0.25) is 0 Å². The first-order valence-electron chi connectivity index (χ1n) is 2.95. The fourth-order valence-electron chi connectivity index (χ4n) is 0.729. The summed E-state index contributed by atoms with van der Waals surface area (Å²) in [7, 11) is 0. The molecule has 1 nitrogen and oxygen atoms in total. The molecule has 0 saturated carbocycles. The minimum atomic E-state index is 0.611. The SMILES string of the molecule is C#CC1=CCC(=C=O)C=C1. The Balaban J connectivity index is 2.85. The number of carbonyl (C=O) groups excluding carboxylic acids is 1. The van der Waals surface area contributed by atoms with Gasteiger partial charge in [-0.2, -0.15) is 0 Å². The molecular formula is C9H6O. The van der Waals surface area contributed by atoms with E-state index in [1.807, 2.05) is 12.0 Å². The van der Waals surface area contributed by atoms with Crippen LogP contribution in [0, 0.1) is 12.3 Å². The van der Waals surface area contributed by atoms with Gasteiger partial charge in [0.1, 0.15) is 5.94 Å². The summed E-state index contributed by atoms with van der Waals surface area (Å²) in [4.78, 5) is 10.1. The van der Waals surface area contributed by atoms with Gasteiger partial charge in [0, 0.05) is 17.6 Å². The molecule has 1 rings (SSSR count). The first-order valence-corrected chi connectivity index (χ1v) is 2.95. The smallest absolute Gasteiger partial charge is 0.128 e. The molecule has 1 aliphatic rings. The van der Waals surface area contributed by atoms with E-state index in [1.165, 1.54) is 0 Å². The first-order chi connectivity index (χ1) is 4.86. The lowest BCUT2D eigenvalue weighted by atomic mass is 10.0. The van der Waals surface area contributed by atoms with Crippen LogP contribution in [-0.4, -0.2) is 5.94 Å². The molecule has 0 heterocycles. The molecule has 48 valence electrons. The Bertz CT molecular complexity index is 280. The van der Waals surface area contributed by atoms with Crippen LogP contribution >= 0.6 is 0 Å². The van der Waals surface area contributed by atoms with Crippen molar-refractivity contribution in [1.82, 2.24) is 0 Å². The van der Waals surface area contributed by atoms with Crippen LogP contribution in [0.3, 0.4) is 0 Å². The monoisotopic (exact) mass is 130 g/mol. The highest BCUT2D eigenvalue weighted by Gasteiger charge is 1.97. The predicted molar refractivity (Wildman–Crippen MR) is 39.9 cm³/mol. The van der Waals surface area contributed by atoms with Gasteiger partial charge in [-0.1, -0.05) is 12.0 Å². The maximum absolute atomic E-state index is 10.1. The molecular weight excluding hydrogens is 124 g/mol. The van der Waals surface area contributed by atoms with E-state index in [9.17, 15) is 4.79 Å². The third-order valence-electron chi connectivity index (χ3n) is 1.30. The third-order valence-corrected chi connectivity index (χ3v) is 1.30. The van der Waals surface area contributed by atoms with Gasteiger partial charge in [-0.15, -0.1) is 6.42 Å². The zero-order chi connectivity index (χ0) is 7.40. The summed E-state index contributed by atoms with van der Waals surface area (Å²) in [6.07, 6.45) is 11.0. The van der Waals surface area contributed by atoms with Gasteiger partial charge in [0.15, 0.2) is 0 Å². The highest BCUT2D eigenvalue weighted by Crippen LogP contribution is 2.11. The Labute approximate surface area is 59.7 Å². The number of hydrogen-bond donors (Lipinski definition) is 0. The lowest BCUT2D eigenvalue weighted by molar-refractivity contribution is 0.567. The second-order valence-electron chi connectivity index (χ2n) is 1.97. The molecule has 0 aliphatic heterocycles. The van der Waals surface area contributed by atoms with Crippen LogP contribution in [0.4, 0.5) is 0 Å². The quantitative estimate of drug-likeness (QED) is 0.356. The summed E-state index contributed by atoms with van der Waals surface area (Å²) in [5, 5.41) is 0. The topological polar surface area (TPSA) is 17.1 Å². The van der Waals surface area contributed by atoms with Crippen LogP contribution < -0.4 is 0 Å². The minimum Gasteiger partial charge on any atom is -0.233 e. The summed E-state index contributed by atoms with van der Waals surface area (Å²) in [5.74, 6) is 4.29. The zero-order valence-corrected chi connectivity index (χ0v) is 5.42. The van der Waals surface area contributed by atoms with Gasteiger partial charge >= 0.3 is 0 Å². The second-order valence-corrected chi connectivity index (χ2v) is 1.97. The fourth-order valence-corrected chi connectivity index (χ4v) is 0.729. The molecule has 10 heavy (non-hydrogen) atoms. The van der Waals surface area contributed by atoms with Crippen LogP contribution in [0.1, 0.15) is 6.42 Å². The summed E-state index contributed by atoms with van der Waals surface area (Å²) in [5.41, 5.74) is 1.48. The van der Waals surface area contributed by atoms with E-state index in [-0.39, 0.29) is 0 Å². The predicted octanol–water partition coefficient (Wildman–Crippen LogP) is 1.26. The molecule has 0 spiro atoms. The number of terminal acetylenes is 1. The van der Waals surface area contributed by atoms with E-state index < -0.39 is 0 Å². The van der Waals surface area contributed by atoms with Gasteiger partial charge in [-0.3, -0.25) is 0 Å². The Hall–Kier alpha value is -1.51. The Kier molecular flexibility index (Phi) is 1.89. The molecule has 0 aromatic heterocycles. The largest absolute Gasteiger partial charge is 0.233 e. The molecule has 0 fully saturated rings. The average Bonchev–Trinajstić information content (AvgIpc) is 2.05. The van der Waals surface area contributed by atoms with Gasteiger partial charge < -0.3 is 0 Å². The molecule has 0 aromatic rings. The van der Waals surface area contributed by atoms with Gasteiger partial charge in [0.05, 0.1) is 0 Å².